The van der Waals surface area contributed by atoms with Gasteiger partial charge in [0.25, 0.3) is 0 Å². The van der Waals surface area contributed by atoms with Gasteiger partial charge in [-0.1, -0.05) is 23.4 Å². The molecule has 0 atom stereocenters. The van der Waals surface area contributed by atoms with E-state index in [-0.39, 0.29) is 5.75 Å². The van der Waals surface area contributed by atoms with Crippen molar-refractivity contribution in [2.45, 2.75) is 12.1 Å². The van der Waals surface area contributed by atoms with Gasteiger partial charge in [-0.25, -0.2) is 4.79 Å². The smallest absolute Gasteiger partial charge is 0.321 e. The molecule has 0 spiro atoms. The first kappa shape index (κ1) is 16.2. The van der Waals surface area contributed by atoms with Gasteiger partial charge >= 0.3 is 6.03 Å². The van der Waals surface area contributed by atoms with Crippen LogP contribution in [-0.4, -0.2) is 44.4 Å². The summed E-state index contributed by atoms with van der Waals surface area (Å²) in [5, 5.41) is 17.0. The second-order valence-electron chi connectivity index (χ2n) is 4.05. The SMILES string of the molecule is CCNC(=O)NC(=O)CSc1nnnn1-c1ccc(Cl)cc1. The van der Waals surface area contributed by atoms with E-state index in [4.69, 9.17) is 11.6 Å². The Morgan fingerprint density at radius 3 is 2.73 bits per heavy atom. The number of benzene rings is 1. The molecule has 8 nitrogen and oxygen atoms in total. The summed E-state index contributed by atoms with van der Waals surface area (Å²) in [6.45, 7) is 2.21. The summed E-state index contributed by atoms with van der Waals surface area (Å²) in [5.41, 5.74) is 0.723. The zero-order valence-corrected chi connectivity index (χ0v) is 13.2. The average Bonchev–Trinajstić information content (AvgIpc) is 2.94. The van der Waals surface area contributed by atoms with E-state index in [1.807, 2.05) is 0 Å². The van der Waals surface area contributed by atoms with Crippen molar-refractivity contribution in [3.05, 3.63) is 29.3 Å². The van der Waals surface area contributed by atoms with Crippen LogP contribution in [0, 0.1) is 0 Å². The number of rotatable bonds is 5. The minimum atomic E-state index is -0.523. The number of hydrogen-bond donors (Lipinski definition) is 2. The Morgan fingerprint density at radius 2 is 2.05 bits per heavy atom. The number of carbonyl (C=O) groups is 2. The lowest BCUT2D eigenvalue weighted by Gasteiger charge is -2.05. The molecular weight excluding hydrogens is 328 g/mol. The number of thioether (sulfide) groups is 1. The molecule has 2 aromatic rings. The van der Waals surface area contributed by atoms with Crippen molar-refractivity contribution in [1.82, 2.24) is 30.8 Å². The number of aromatic nitrogens is 4. The van der Waals surface area contributed by atoms with E-state index >= 15 is 0 Å². The Bertz CT molecular complexity index is 660. The van der Waals surface area contributed by atoms with Crippen LogP contribution in [0.2, 0.25) is 5.02 Å². The molecule has 116 valence electrons. The van der Waals surface area contributed by atoms with E-state index in [2.05, 4.69) is 26.2 Å². The molecule has 0 aliphatic carbocycles. The number of nitrogens with zero attached hydrogens (tertiary/aromatic N) is 4. The fraction of sp³-hybridized carbons (Fsp3) is 0.250. The highest BCUT2D eigenvalue weighted by molar-refractivity contribution is 7.99. The first-order valence-corrected chi connectivity index (χ1v) is 7.71. The lowest BCUT2D eigenvalue weighted by molar-refractivity contribution is -0.117. The second kappa shape index (κ2) is 7.76. The van der Waals surface area contributed by atoms with Crippen LogP contribution in [0.25, 0.3) is 5.69 Å². The van der Waals surface area contributed by atoms with E-state index in [1.54, 1.807) is 31.2 Å². The van der Waals surface area contributed by atoms with Gasteiger partial charge in [0.2, 0.25) is 11.1 Å². The largest absolute Gasteiger partial charge is 0.338 e. The second-order valence-corrected chi connectivity index (χ2v) is 5.42. The maximum absolute atomic E-state index is 11.6. The molecule has 3 amide bonds. The molecular formula is C12H13ClN6O2S. The molecule has 10 heteroatoms. The quantitative estimate of drug-likeness (QED) is 0.794. The zero-order chi connectivity index (χ0) is 15.9. The third-order valence-corrected chi connectivity index (χ3v) is 3.61. The molecule has 2 N–H and O–H groups in total. The van der Waals surface area contributed by atoms with Crippen LogP contribution in [0.3, 0.4) is 0 Å². The van der Waals surface area contributed by atoms with Gasteiger partial charge in [0.15, 0.2) is 0 Å². The molecule has 1 aromatic heterocycles. The van der Waals surface area contributed by atoms with E-state index < -0.39 is 11.9 Å². The van der Waals surface area contributed by atoms with Crippen molar-refractivity contribution < 1.29 is 9.59 Å². The molecule has 1 heterocycles. The highest BCUT2D eigenvalue weighted by atomic mass is 35.5. The molecule has 1 aromatic carbocycles. The van der Waals surface area contributed by atoms with Gasteiger partial charge in [0.05, 0.1) is 11.4 Å². The molecule has 0 bridgehead atoms. The molecule has 0 radical (unpaired) electrons. The Kier molecular flexibility index (Phi) is 5.73. The van der Waals surface area contributed by atoms with E-state index in [0.29, 0.717) is 16.7 Å². The van der Waals surface area contributed by atoms with Crippen LogP contribution in [0.1, 0.15) is 6.92 Å². The Morgan fingerprint density at radius 1 is 1.32 bits per heavy atom. The Labute approximate surface area is 135 Å². The lowest BCUT2D eigenvalue weighted by Crippen LogP contribution is -2.40. The summed E-state index contributed by atoms with van der Waals surface area (Å²) < 4.78 is 1.49. The number of urea groups is 1. The van der Waals surface area contributed by atoms with Crippen molar-refractivity contribution in [3.8, 4) is 5.69 Å². The van der Waals surface area contributed by atoms with E-state index in [9.17, 15) is 9.59 Å². The number of imide groups is 1. The van der Waals surface area contributed by atoms with Crippen molar-refractivity contribution in [1.29, 1.82) is 0 Å². The Hall–Kier alpha value is -2.13. The van der Waals surface area contributed by atoms with Crippen LogP contribution in [0.4, 0.5) is 4.79 Å². The van der Waals surface area contributed by atoms with Crippen LogP contribution in [0.5, 0.6) is 0 Å². The molecule has 0 aliphatic rings. The van der Waals surface area contributed by atoms with Gasteiger partial charge in [-0.05, 0) is 41.6 Å². The number of halogens is 1. The lowest BCUT2D eigenvalue weighted by atomic mass is 10.3. The summed E-state index contributed by atoms with van der Waals surface area (Å²) in [6.07, 6.45) is 0. The van der Waals surface area contributed by atoms with Gasteiger partial charge < -0.3 is 5.32 Å². The predicted octanol–water partition coefficient (Wildman–Crippen LogP) is 1.25. The summed E-state index contributed by atoms with van der Waals surface area (Å²) >= 11 is 6.96. The maximum atomic E-state index is 11.6. The molecule has 0 unspecified atom stereocenters. The summed E-state index contributed by atoms with van der Waals surface area (Å²) in [6, 6.07) is 6.43. The van der Waals surface area contributed by atoms with Gasteiger partial charge in [0.1, 0.15) is 0 Å². The van der Waals surface area contributed by atoms with Crippen LogP contribution in [-0.2, 0) is 4.79 Å². The molecule has 2 rings (SSSR count). The fourth-order valence-electron chi connectivity index (χ4n) is 1.51. The standard InChI is InChI=1S/C12H13ClN6O2S/c1-2-14-11(21)15-10(20)7-22-12-16-17-18-19(12)9-5-3-8(13)4-6-9/h3-6H,2,7H2,1H3,(H2,14,15,20,21). The van der Waals surface area contributed by atoms with Crippen LogP contribution in [0.15, 0.2) is 29.4 Å². The summed E-state index contributed by atoms with van der Waals surface area (Å²) in [4.78, 5) is 22.9. The number of carbonyl (C=O) groups excluding carboxylic acids is 2. The third kappa shape index (κ3) is 4.43. The first-order valence-electron chi connectivity index (χ1n) is 6.35. The van der Waals surface area contributed by atoms with E-state index in [1.165, 1.54) is 4.68 Å². The number of hydrogen-bond acceptors (Lipinski definition) is 6. The molecule has 0 fully saturated rings. The highest BCUT2D eigenvalue weighted by Crippen LogP contribution is 2.19. The minimum absolute atomic E-state index is 0.0189. The van der Waals surface area contributed by atoms with Crippen molar-refractivity contribution in [2.24, 2.45) is 0 Å². The van der Waals surface area contributed by atoms with Crippen molar-refractivity contribution in [2.75, 3.05) is 12.3 Å². The molecule has 0 saturated carbocycles. The van der Waals surface area contributed by atoms with E-state index in [0.717, 1.165) is 17.4 Å². The maximum Gasteiger partial charge on any atom is 0.321 e. The summed E-state index contributed by atoms with van der Waals surface area (Å²) in [5.74, 6) is -0.410. The van der Waals surface area contributed by atoms with Gasteiger partial charge in [-0.2, -0.15) is 4.68 Å². The Balaban J connectivity index is 1.97. The van der Waals surface area contributed by atoms with Gasteiger partial charge in [0, 0.05) is 11.6 Å². The number of amides is 3. The third-order valence-electron chi connectivity index (χ3n) is 2.43. The normalized spacial score (nSPS) is 10.3. The number of tetrazole rings is 1. The van der Waals surface area contributed by atoms with Gasteiger partial charge in [-0.15, -0.1) is 5.10 Å². The fourth-order valence-corrected chi connectivity index (χ4v) is 2.33. The van der Waals surface area contributed by atoms with Gasteiger partial charge in [-0.3, -0.25) is 10.1 Å². The van der Waals surface area contributed by atoms with Crippen molar-refractivity contribution in [3.63, 3.8) is 0 Å². The molecule has 22 heavy (non-hydrogen) atoms. The summed E-state index contributed by atoms with van der Waals surface area (Å²) in [7, 11) is 0. The monoisotopic (exact) mass is 340 g/mol. The number of nitrogens with one attached hydrogen (secondary N) is 2. The van der Waals surface area contributed by atoms with Crippen LogP contribution >= 0.6 is 23.4 Å². The minimum Gasteiger partial charge on any atom is -0.338 e. The predicted molar refractivity (Wildman–Crippen MR) is 82.1 cm³/mol. The molecule has 0 saturated heterocycles. The topological polar surface area (TPSA) is 102 Å². The molecule has 0 aliphatic heterocycles. The zero-order valence-electron chi connectivity index (χ0n) is 11.6. The van der Waals surface area contributed by atoms with Crippen molar-refractivity contribution >= 4 is 35.3 Å². The average molecular weight is 341 g/mol. The highest BCUT2D eigenvalue weighted by Gasteiger charge is 2.13. The first-order chi connectivity index (χ1) is 10.6. The van der Waals surface area contributed by atoms with Crippen LogP contribution < -0.4 is 10.6 Å².